The number of amides is 1. The van der Waals surface area contributed by atoms with Gasteiger partial charge in [0, 0.05) is 30.6 Å². The Bertz CT molecular complexity index is 930. The van der Waals surface area contributed by atoms with Gasteiger partial charge < -0.3 is 9.42 Å². The fourth-order valence-corrected chi connectivity index (χ4v) is 5.91. The third-order valence-corrected chi connectivity index (χ3v) is 7.75. The van der Waals surface area contributed by atoms with Crippen molar-refractivity contribution in [1.82, 2.24) is 15.0 Å². The predicted molar refractivity (Wildman–Crippen MR) is 116 cm³/mol. The fourth-order valence-electron chi connectivity index (χ4n) is 5.91. The highest BCUT2D eigenvalue weighted by Gasteiger charge is 2.46. The van der Waals surface area contributed by atoms with Crippen molar-refractivity contribution < 1.29 is 9.32 Å². The molecule has 3 heterocycles. The molecule has 5 heteroatoms. The van der Waals surface area contributed by atoms with E-state index in [4.69, 9.17) is 4.52 Å². The minimum absolute atomic E-state index is 0.0000811. The highest BCUT2D eigenvalue weighted by molar-refractivity contribution is 5.79. The number of nitrogens with zero attached hydrogens (tertiary/aromatic N) is 3. The van der Waals surface area contributed by atoms with Gasteiger partial charge in [0.25, 0.3) is 0 Å². The van der Waals surface area contributed by atoms with Gasteiger partial charge in [0.05, 0.1) is 12.2 Å². The number of hydrogen-bond acceptors (Lipinski definition) is 4. The molecule has 0 saturated carbocycles. The summed E-state index contributed by atoms with van der Waals surface area (Å²) >= 11 is 0. The predicted octanol–water partition coefficient (Wildman–Crippen LogP) is 4.33. The lowest BCUT2D eigenvalue weighted by molar-refractivity contribution is -0.132. The van der Waals surface area contributed by atoms with Crippen molar-refractivity contribution in [3.05, 3.63) is 51.9 Å². The van der Waals surface area contributed by atoms with Gasteiger partial charge in [-0.15, -0.1) is 0 Å². The van der Waals surface area contributed by atoms with Gasteiger partial charge in [0.2, 0.25) is 5.91 Å². The zero-order valence-electron chi connectivity index (χ0n) is 18.4. The minimum atomic E-state index is -0.0000811. The molecule has 0 N–H and O–H groups in total. The first-order chi connectivity index (χ1) is 14.5. The van der Waals surface area contributed by atoms with E-state index < -0.39 is 0 Å². The lowest BCUT2D eigenvalue weighted by Gasteiger charge is -2.38. The highest BCUT2D eigenvalue weighted by atomic mass is 16.5. The van der Waals surface area contributed by atoms with Gasteiger partial charge >= 0.3 is 0 Å². The minimum Gasteiger partial charge on any atom is -0.361 e. The zero-order chi connectivity index (χ0) is 20.7. The van der Waals surface area contributed by atoms with Crippen molar-refractivity contribution in [3.63, 3.8) is 0 Å². The van der Waals surface area contributed by atoms with Gasteiger partial charge in [-0.05, 0) is 82.0 Å². The van der Waals surface area contributed by atoms with Gasteiger partial charge in [0.15, 0.2) is 0 Å². The van der Waals surface area contributed by atoms with Gasteiger partial charge in [-0.3, -0.25) is 9.69 Å². The van der Waals surface area contributed by atoms with Crippen LogP contribution in [0.3, 0.4) is 0 Å². The van der Waals surface area contributed by atoms with Crippen molar-refractivity contribution in [2.45, 2.75) is 83.8 Å². The third kappa shape index (κ3) is 3.58. The summed E-state index contributed by atoms with van der Waals surface area (Å²) in [6, 6.07) is 7.11. The number of rotatable bonds is 4. The van der Waals surface area contributed by atoms with E-state index >= 15 is 0 Å². The van der Waals surface area contributed by atoms with Crippen LogP contribution in [0.25, 0.3) is 0 Å². The van der Waals surface area contributed by atoms with E-state index in [9.17, 15) is 4.79 Å². The number of likely N-dealkylation sites (tertiary alicyclic amines) is 2. The molecule has 2 saturated heterocycles. The van der Waals surface area contributed by atoms with Crippen LogP contribution >= 0.6 is 0 Å². The maximum Gasteiger partial charge on any atom is 0.223 e. The molecule has 5 nitrogen and oxygen atoms in total. The second-order valence-corrected chi connectivity index (χ2v) is 9.59. The van der Waals surface area contributed by atoms with Crippen molar-refractivity contribution in [2.24, 2.45) is 0 Å². The Kier molecular flexibility index (Phi) is 5.18. The Hall–Kier alpha value is -2.14. The number of carbonyl (C=O) groups is 1. The molecule has 5 rings (SSSR count). The first kappa shape index (κ1) is 19.8. The average Bonchev–Trinajstić information content (AvgIpc) is 3.36. The van der Waals surface area contributed by atoms with Crippen LogP contribution < -0.4 is 0 Å². The van der Waals surface area contributed by atoms with Crippen LogP contribution in [-0.4, -0.2) is 39.5 Å². The number of fused-ring (bicyclic) bond motifs is 1. The summed E-state index contributed by atoms with van der Waals surface area (Å²) in [6.45, 7) is 7.78. The van der Waals surface area contributed by atoms with E-state index in [0.29, 0.717) is 18.9 Å². The summed E-state index contributed by atoms with van der Waals surface area (Å²) in [7, 11) is 0. The third-order valence-electron chi connectivity index (χ3n) is 7.75. The SMILES string of the molecule is Cc1noc(C)c1CN1C(=O)CC[C@]12CCCN(Cc1ccc3c(c1)CCC3)CC2. The molecule has 2 aliphatic heterocycles. The van der Waals surface area contributed by atoms with Crippen LogP contribution in [-0.2, 0) is 30.7 Å². The van der Waals surface area contributed by atoms with E-state index in [1.807, 2.05) is 13.8 Å². The molecule has 2 fully saturated rings. The molecule has 1 aliphatic carbocycles. The molecule has 1 aromatic carbocycles. The van der Waals surface area contributed by atoms with Crippen molar-refractivity contribution in [3.8, 4) is 0 Å². The Labute approximate surface area is 179 Å². The second-order valence-electron chi connectivity index (χ2n) is 9.59. The van der Waals surface area contributed by atoms with Crippen molar-refractivity contribution in [2.75, 3.05) is 13.1 Å². The quantitative estimate of drug-likeness (QED) is 0.757. The van der Waals surface area contributed by atoms with E-state index in [2.05, 4.69) is 33.2 Å². The Morgan fingerprint density at radius 2 is 1.87 bits per heavy atom. The van der Waals surface area contributed by atoms with Crippen molar-refractivity contribution in [1.29, 1.82) is 0 Å². The maximum absolute atomic E-state index is 12.9. The fraction of sp³-hybridized carbons (Fsp3) is 0.600. The monoisotopic (exact) mass is 407 g/mol. The molecule has 3 aliphatic rings. The average molecular weight is 408 g/mol. The van der Waals surface area contributed by atoms with E-state index in [1.54, 1.807) is 11.1 Å². The Morgan fingerprint density at radius 3 is 2.70 bits per heavy atom. The molecule has 1 amide bonds. The summed E-state index contributed by atoms with van der Waals surface area (Å²) in [5, 5.41) is 4.10. The summed E-state index contributed by atoms with van der Waals surface area (Å²) in [4.78, 5) is 17.6. The van der Waals surface area contributed by atoms with Crippen LogP contribution in [0.1, 0.15) is 72.2 Å². The molecule has 0 bridgehead atoms. The van der Waals surface area contributed by atoms with Gasteiger partial charge in [-0.25, -0.2) is 0 Å². The number of aromatic nitrogens is 1. The van der Waals surface area contributed by atoms with Crippen LogP contribution in [0.15, 0.2) is 22.7 Å². The molecular weight excluding hydrogens is 374 g/mol. The zero-order valence-corrected chi connectivity index (χ0v) is 18.4. The summed E-state index contributed by atoms with van der Waals surface area (Å²) in [5.74, 6) is 1.14. The molecule has 2 aromatic rings. The largest absolute Gasteiger partial charge is 0.361 e. The molecule has 160 valence electrons. The molecule has 1 atom stereocenters. The molecule has 0 unspecified atom stereocenters. The van der Waals surface area contributed by atoms with Gasteiger partial charge in [0.1, 0.15) is 5.76 Å². The van der Waals surface area contributed by atoms with Crippen LogP contribution in [0.5, 0.6) is 0 Å². The molecule has 1 aromatic heterocycles. The number of benzene rings is 1. The summed E-state index contributed by atoms with van der Waals surface area (Å²) < 4.78 is 5.36. The van der Waals surface area contributed by atoms with Crippen LogP contribution in [0, 0.1) is 13.8 Å². The topological polar surface area (TPSA) is 49.6 Å². The lowest BCUT2D eigenvalue weighted by atomic mass is 9.87. The lowest BCUT2D eigenvalue weighted by Crippen LogP contribution is -2.46. The van der Waals surface area contributed by atoms with Crippen molar-refractivity contribution >= 4 is 5.91 Å². The summed E-state index contributed by atoms with van der Waals surface area (Å²) in [5.41, 5.74) is 6.55. The molecule has 0 radical (unpaired) electrons. The first-order valence-corrected chi connectivity index (χ1v) is 11.6. The van der Waals surface area contributed by atoms with E-state index in [-0.39, 0.29) is 5.54 Å². The van der Waals surface area contributed by atoms with E-state index in [1.165, 1.54) is 24.8 Å². The number of aryl methyl sites for hydroxylation is 4. The van der Waals surface area contributed by atoms with Gasteiger partial charge in [-0.1, -0.05) is 23.4 Å². The maximum atomic E-state index is 12.9. The smallest absolute Gasteiger partial charge is 0.223 e. The summed E-state index contributed by atoms with van der Waals surface area (Å²) in [6.07, 6.45) is 8.77. The van der Waals surface area contributed by atoms with Gasteiger partial charge in [-0.2, -0.15) is 0 Å². The number of hydrogen-bond donors (Lipinski definition) is 0. The Morgan fingerprint density at radius 1 is 1.00 bits per heavy atom. The number of carbonyl (C=O) groups excluding carboxylic acids is 1. The van der Waals surface area contributed by atoms with Crippen LogP contribution in [0.4, 0.5) is 0 Å². The second kappa shape index (κ2) is 7.84. The normalized spacial score (nSPS) is 24.6. The molecule has 30 heavy (non-hydrogen) atoms. The molecule has 1 spiro atoms. The highest BCUT2D eigenvalue weighted by Crippen LogP contribution is 2.41. The molecular formula is C25H33N3O2. The first-order valence-electron chi connectivity index (χ1n) is 11.6. The van der Waals surface area contributed by atoms with Crippen LogP contribution in [0.2, 0.25) is 0 Å². The Balaban J connectivity index is 1.29. The van der Waals surface area contributed by atoms with E-state index in [0.717, 1.165) is 62.3 Å². The standard InChI is InChI=1S/C25H33N3O2/c1-18-23(19(2)30-26-18)17-28-24(29)9-11-25(28)10-4-13-27(14-12-25)16-20-7-8-21-5-3-6-22(21)15-20/h7-8,15H,3-6,9-14,16-17H2,1-2H3/t25-/m0/s1.